The van der Waals surface area contributed by atoms with Gasteiger partial charge in [0.1, 0.15) is 10.3 Å². The molecule has 1 aromatic rings. The molecular weight excluding hydrogens is 480 g/mol. The number of hydrogen-bond acceptors (Lipinski definition) is 6. The first-order chi connectivity index (χ1) is 11.8. The summed E-state index contributed by atoms with van der Waals surface area (Å²) >= 11 is 9.48. The van der Waals surface area contributed by atoms with Crippen LogP contribution >= 0.6 is 38.9 Å². The van der Waals surface area contributed by atoms with E-state index in [-0.39, 0.29) is 5.75 Å². The van der Waals surface area contributed by atoms with Gasteiger partial charge in [0.05, 0.1) is 20.6 Å². The van der Waals surface area contributed by atoms with Crippen molar-refractivity contribution in [3.8, 4) is 6.07 Å². The maximum Gasteiger partial charge on any atom is 0.171 e. The minimum Gasteiger partial charge on any atom is -0.598 e. The van der Waals surface area contributed by atoms with Gasteiger partial charge in [0.15, 0.2) is 14.6 Å². The van der Waals surface area contributed by atoms with Gasteiger partial charge in [-0.25, -0.2) is 8.42 Å². The molecule has 0 spiro atoms. The Labute approximate surface area is 175 Å². The lowest BCUT2D eigenvalue weighted by Gasteiger charge is -2.39. The van der Waals surface area contributed by atoms with Crippen LogP contribution < -0.4 is 4.72 Å². The second kappa shape index (κ2) is 7.54. The zero-order valence-electron chi connectivity index (χ0n) is 15.1. The Balaban J connectivity index is 2.48. The van der Waals surface area contributed by atoms with Crippen LogP contribution in [0.4, 0.5) is 0 Å². The Morgan fingerprint density at radius 2 is 2.04 bits per heavy atom. The Morgan fingerprint density at radius 1 is 1.46 bits per heavy atom. The van der Waals surface area contributed by atoms with Crippen molar-refractivity contribution < 1.29 is 13.0 Å². The molecule has 0 saturated heterocycles. The number of hydrogen-bond donors (Lipinski definition) is 1. The van der Waals surface area contributed by atoms with Gasteiger partial charge in [-0.3, -0.25) is 0 Å². The summed E-state index contributed by atoms with van der Waals surface area (Å²) in [6.07, 6.45) is 1.40. The fraction of sp³-hybridized carbons (Fsp3) is 0.688. The van der Waals surface area contributed by atoms with Crippen molar-refractivity contribution >= 4 is 60.1 Å². The fourth-order valence-electron chi connectivity index (χ4n) is 2.72. The van der Waals surface area contributed by atoms with Gasteiger partial charge in [0.2, 0.25) is 0 Å². The Hall–Kier alpha value is 0.180. The molecular formula is C16H22BrClN2O3S3. The van der Waals surface area contributed by atoms with Gasteiger partial charge in [-0.1, -0.05) is 11.6 Å². The van der Waals surface area contributed by atoms with Crippen LogP contribution in [-0.4, -0.2) is 28.2 Å². The number of nitrogens with zero attached hydrogens (tertiary/aromatic N) is 1. The topological polar surface area (TPSA) is 93.0 Å². The van der Waals surface area contributed by atoms with Crippen LogP contribution in [0.15, 0.2) is 9.85 Å². The van der Waals surface area contributed by atoms with Crippen molar-refractivity contribution in [1.82, 2.24) is 4.72 Å². The van der Waals surface area contributed by atoms with Gasteiger partial charge in [-0.05, 0) is 69.0 Å². The maximum absolute atomic E-state index is 13.1. The second-order valence-corrected chi connectivity index (χ2v) is 14.9. The van der Waals surface area contributed by atoms with Crippen molar-refractivity contribution in [1.29, 1.82) is 5.26 Å². The monoisotopic (exact) mass is 500 g/mol. The zero-order valence-corrected chi connectivity index (χ0v) is 19.8. The normalized spacial score (nSPS) is 20.7. The highest BCUT2D eigenvalue weighted by Crippen LogP contribution is 2.45. The van der Waals surface area contributed by atoms with E-state index >= 15 is 0 Å². The Bertz CT molecular complexity index is 825. The highest BCUT2D eigenvalue weighted by Gasteiger charge is 2.53. The number of sulfone groups is 1. The Kier molecular flexibility index (Phi) is 6.52. The molecule has 0 bridgehead atoms. The standard InChI is InChI=1S/C16H22BrClN2O3S3/c1-14(2,3)25(21)20-15(4,13-11(18)8-12(17)24-13)10-26(22,23)16(9-19)6-5-7-16/h8,20H,5-7,10H2,1-4H3/t15-,25?/m0/s1. The third kappa shape index (κ3) is 4.27. The summed E-state index contributed by atoms with van der Waals surface area (Å²) in [5.41, 5.74) is -1.18. The van der Waals surface area contributed by atoms with Gasteiger partial charge in [-0.15, -0.1) is 16.1 Å². The molecule has 1 aliphatic rings. The Morgan fingerprint density at radius 3 is 2.38 bits per heavy atom. The van der Waals surface area contributed by atoms with Crippen molar-refractivity contribution in [2.75, 3.05) is 5.75 Å². The van der Waals surface area contributed by atoms with Crippen LogP contribution in [0.2, 0.25) is 5.02 Å². The second-order valence-electron chi connectivity index (χ2n) is 7.76. The van der Waals surface area contributed by atoms with E-state index in [1.54, 1.807) is 33.8 Å². The van der Waals surface area contributed by atoms with E-state index in [1.807, 2.05) is 6.07 Å². The molecule has 1 aliphatic carbocycles. The van der Waals surface area contributed by atoms with Crippen molar-refractivity contribution in [3.63, 3.8) is 0 Å². The van der Waals surface area contributed by atoms with Crippen molar-refractivity contribution in [2.45, 2.75) is 62.0 Å². The quantitative estimate of drug-likeness (QED) is 0.587. The molecule has 1 aromatic heterocycles. The van der Waals surface area contributed by atoms with E-state index in [9.17, 15) is 18.2 Å². The van der Waals surface area contributed by atoms with E-state index < -0.39 is 36.2 Å². The van der Waals surface area contributed by atoms with Gasteiger partial charge >= 0.3 is 0 Å². The van der Waals surface area contributed by atoms with Crippen molar-refractivity contribution in [3.05, 3.63) is 19.8 Å². The summed E-state index contributed by atoms with van der Waals surface area (Å²) in [7, 11) is -3.76. The summed E-state index contributed by atoms with van der Waals surface area (Å²) in [4.78, 5) is 0.583. The minimum atomic E-state index is -3.76. The molecule has 0 amide bonds. The molecule has 5 nitrogen and oxygen atoms in total. The van der Waals surface area contributed by atoms with Crippen LogP contribution in [0.1, 0.15) is 51.8 Å². The lowest BCUT2D eigenvalue weighted by Crippen LogP contribution is -2.56. The van der Waals surface area contributed by atoms with Crippen LogP contribution in [0.25, 0.3) is 0 Å². The predicted molar refractivity (Wildman–Crippen MR) is 111 cm³/mol. The SMILES string of the molecule is CC(C)(C)[S+]([O-])N[C@@](C)(CS(=O)(=O)C1(C#N)CCC1)c1sc(Br)cc1Cl. The van der Waals surface area contributed by atoms with E-state index in [0.29, 0.717) is 22.7 Å². The van der Waals surface area contributed by atoms with Crippen LogP contribution in [0.5, 0.6) is 0 Å². The summed E-state index contributed by atoms with van der Waals surface area (Å²) < 4.78 is 40.7. The molecule has 1 unspecified atom stereocenters. The third-order valence-electron chi connectivity index (χ3n) is 4.47. The number of thiophene rings is 1. The van der Waals surface area contributed by atoms with E-state index in [4.69, 9.17) is 11.6 Å². The molecule has 10 heteroatoms. The number of nitriles is 1. The fourth-order valence-corrected chi connectivity index (χ4v) is 8.39. The lowest BCUT2D eigenvalue weighted by molar-refractivity contribution is 0.394. The predicted octanol–water partition coefficient (Wildman–Crippen LogP) is 4.29. The number of rotatable bonds is 6. The highest BCUT2D eigenvalue weighted by atomic mass is 79.9. The third-order valence-corrected chi connectivity index (χ3v) is 11.2. The highest BCUT2D eigenvalue weighted by molar-refractivity contribution is 9.11. The van der Waals surface area contributed by atoms with Gasteiger partial charge in [0, 0.05) is 16.2 Å². The van der Waals surface area contributed by atoms with E-state index in [0.717, 1.165) is 10.2 Å². The molecule has 0 aromatic carbocycles. The molecule has 26 heavy (non-hydrogen) atoms. The number of halogens is 2. The largest absolute Gasteiger partial charge is 0.598 e. The molecule has 1 heterocycles. The first-order valence-corrected chi connectivity index (χ1v) is 12.8. The summed E-state index contributed by atoms with van der Waals surface area (Å²) in [6.45, 7) is 7.10. The first-order valence-electron chi connectivity index (χ1n) is 8.05. The average molecular weight is 502 g/mol. The van der Waals surface area contributed by atoms with Crippen LogP contribution in [-0.2, 0) is 26.7 Å². The molecule has 1 N–H and O–H groups in total. The summed E-state index contributed by atoms with van der Waals surface area (Å²) in [6, 6.07) is 3.69. The maximum atomic E-state index is 13.1. The average Bonchev–Trinajstić information content (AvgIpc) is 2.75. The van der Waals surface area contributed by atoms with E-state index in [2.05, 4.69) is 20.7 Å². The zero-order chi connectivity index (χ0) is 20.0. The molecule has 2 rings (SSSR count). The first kappa shape index (κ1) is 22.5. The van der Waals surface area contributed by atoms with Crippen LogP contribution in [0.3, 0.4) is 0 Å². The smallest absolute Gasteiger partial charge is 0.171 e. The van der Waals surface area contributed by atoms with Gasteiger partial charge in [-0.2, -0.15) is 5.26 Å². The minimum absolute atomic E-state index is 0.339. The molecule has 0 aliphatic heterocycles. The van der Waals surface area contributed by atoms with E-state index in [1.165, 1.54) is 11.3 Å². The summed E-state index contributed by atoms with van der Waals surface area (Å²) in [5.74, 6) is -0.345. The molecule has 1 fully saturated rings. The van der Waals surface area contributed by atoms with Gasteiger partial charge < -0.3 is 4.55 Å². The number of nitrogens with one attached hydrogen (secondary N) is 1. The lowest BCUT2D eigenvalue weighted by atomic mass is 9.86. The molecule has 1 saturated carbocycles. The molecule has 146 valence electrons. The van der Waals surface area contributed by atoms with Crippen LogP contribution in [0, 0.1) is 11.3 Å². The molecule has 2 atom stereocenters. The van der Waals surface area contributed by atoms with Crippen molar-refractivity contribution in [2.24, 2.45) is 0 Å². The molecule has 0 radical (unpaired) electrons. The summed E-state index contributed by atoms with van der Waals surface area (Å²) in [5, 5.41) is 9.87. The van der Waals surface area contributed by atoms with Gasteiger partial charge in [0.25, 0.3) is 0 Å².